The van der Waals surface area contributed by atoms with Gasteiger partial charge in [-0.15, -0.1) is 0 Å². The molecule has 1 N–H and O–H groups in total. The van der Waals surface area contributed by atoms with Crippen LogP contribution in [0.3, 0.4) is 0 Å². The van der Waals surface area contributed by atoms with E-state index in [-0.39, 0.29) is 0 Å². The van der Waals surface area contributed by atoms with E-state index in [4.69, 9.17) is 9.47 Å². The highest BCUT2D eigenvalue weighted by atomic mass is 16.5. The van der Waals surface area contributed by atoms with E-state index in [1.165, 1.54) is 5.56 Å². The maximum Gasteiger partial charge on any atom is 0.122 e. The molecular formula is C15H21NO2. The Morgan fingerprint density at radius 3 is 2.89 bits per heavy atom. The number of para-hydroxylation sites is 1. The smallest absolute Gasteiger partial charge is 0.122 e. The van der Waals surface area contributed by atoms with E-state index in [0.29, 0.717) is 12.0 Å². The van der Waals surface area contributed by atoms with Gasteiger partial charge in [-0.05, 0) is 30.9 Å². The van der Waals surface area contributed by atoms with Gasteiger partial charge in [-0.3, -0.25) is 0 Å². The van der Waals surface area contributed by atoms with Crippen LogP contribution in [0.2, 0.25) is 0 Å². The van der Waals surface area contributed by atoms with Crippen LogP contribution in [0, 0.1) is 5.92 Å². The fourth-order valence-electron chi connectivity index (χ4n) is 2.76. The van der Waals surface area contributed by atoms with Crippen molar-refractivity contribution in [2.24, 2.45) is 5.92 Å². The molecule has 1 aromatic rings. The fraction of sp³-hybridized carbons (Fsp3) is 0.600. The number of rotatable bonds is 3. The quantitative estimate of drug-likeness (QED) is 0.886. The first kappa shape index (κ1) is 12.0. The first-order valence-electron chi connectivity index (χ1n) is 6.93. The summed E-state index contributed by atoms with van der Waals surface area (Å²) in [5.41, 5.74) is 1.35. The van der Waals surface area contributed by atoms with Crippen molar-refractivity contribution in [3.63, 3.8) is 0 Å². The van der Waals surface area contributed by atoms with E-state index >= 15 is 0 Å². The van der Waals surface area contributed by atoms with Gasteiger partial charge >= 0.3 is 0 Å². The minimum Gasteiger partial charge on any atom is -0.493 e. The number of fused-ring (bicyclic) bond motifs is 1. The van der Waals surface area contributed by atoms with Gasteiger partial charge in [0.2, 0.25) is 0 Å². The van der Waals surface area contributed by atoms with Crippen molar-refractivity contribution in [3.8, 4) is 5.75 Å². The molecule has 3 rings (SSSR count). The first-order valence-corrected chi connectivity index (χ1v) is 6.93. The van der Waals surface area contributed by atoms with Crippen molar-refractivity contribution in [3.05, 3.63) is 29.8 Å². The lowest BCUT2D eigenvalue weighted by Crippen LogP contribution is -2.40. The van der Waals surface area contributed by atoms with Crippen LogP contribution in [-0.2, 0) is 11.2 Å². The Balaban J connectivity index is 1.50. The lowest BCUT2D eigenvalue weighted by molar-refractivity contribution is 0.0756. The maximum atomic E-state index is 5.81. The van der Waals surface area contributed by atoms with Crippen LogP contribution in [0.1, 0.15) is 18.4 Å². The number of ether oxygens (including phenoxy) is 2. The van der Waals surface area contributed by atoms with Gasteiger partial charge in [-0.25, -0.2) is 0 Å². The number of hydrogen-bond acceptors (Lipinski definition) is 3. The molecule has 1 fully saturated rings. The predicted octanol–water partition coefficient (Wildman–Crippen LogP) is 2.01. The standard InChI is InChI=1S/C15H21NO2/c1-2-4-15-13(3-1)9-12(11-18-15)10-16-14-5-7-17-8-6-14/h1-4,12,14,16H,5-11H2. The molecule has 2 heterocycles. The van der Waals surface area contributed by atoms with E-state index in [0.717, 1.165) is 51.4 Å². The summed E-state index contributed by atoms with van der Waals surface area (Å²) in [6.07, 6.45) is 3.42. The van der Waals surface area contributed by atoms with E-state index in [9.17, 15) is 0 Å². The van der Waals surface area contributed by atoms with Gasteiger partial charge in [-0.2, -0.15) is 0 Å². The van der Waals surface area contributed by atoms with Crippen molar-refractivity contribution in [1.29, 1.82) is 0 Å². The van der Waals surface area contributed by atoms with Gasteiger partial charge in [0.25, 0.3) is 0 Å². The zero-order valence-corrected chi connectivity index (χ0v) is 10.7. The largest absolute Gasteiger partial charge is 0.493 e. The predicted molar refractivity (Wildman–Crippen MR) is 71.0 cm³/mol. The topological polar surface area (TPSA) is 30.5 Å². The minimum absolute atomic E-state index is 0.600. The fourth-order valence-corrected chi connectivity index (χ4v) is 2.76. The van der Waals surface area contributed by atoms with E-state index < -0.39 is 0 Å². The van der Waals surface area contributed by atoms with Crippen molar-refractivity contribution < 1.29 is 9.47 Å². The molecule has 0 amide bonds. The van der Waals surface area contributed by atoms with E-state index in [2.05, 4.69) is 23.5 Å². The summed E-state index contributed by atoms with van der Waals surface area (Å²) in [7, 11) is 0. The van der Waals surface area contributed by atoms with Crippen LogP contribution in [0.25, 0.3) is 0 Å². The molecule has 0 aliphatic carbocycles. The Kier molecular flexibility index (Phi) is 3.81. The van der Waals surface area contributed by atoms with E-state index in [1.807, 2.05) is 6.07 Å². The van der Waals surface area contributed by atoms with Crippen molar-refractivity contribution in [1.82, 2.24) is 5.32 Å². The lowest BCUT2D eigenvalue weighted by Gasteiger charge is -2.29. The average molecular weight is 247 g/mol. The molecule has 0 bridgehead atoms. The van der Waals surface area contributed by atoms with Gasteiger partial charge in [0, 0.05) is 31.7 Å². The number of hydrogen-bond donors (Lipinski definition) is 1. The monoisotopic (exact) mass is 247 g/mol. The van der Waals surface area contributed by atoms with Gasteiger partial charge < -0.3 is 14.8 Å². The zero-order chi connectivity index (χ0) is 12.2. The highest BCUT2D eigenvalue weighted by Crippen LogP contribution is 2.26. The zero-order valence-electron chi connectivity index (χ0n) is 10.7. The summed E-state index contributed by atoms with van der Waals surface area (Å²) >= 11 is 0. The third-order valence-electron chi connectivity index (χ3n) is 3.87. The number of benzene rings is 1. The Labute approximate surface area is 108 Å². The highest BCUT2D eigenvalue weighted by molar-refractivity contribution is 5.35. The summed E-state index contributed by atoms with van der Waals surface area (Å²) < 4.78 is 11.2. The molecule has 18 heavy (non-hydrogen) atoms. The Bertz CT molecular complexity index is 388. The molecule has 3 heteroatoms. The van der Waals surface area contributed by atoms with E-state index in [1.54, 1.807) is 0 Å². The SMILES string of the molecule is c1ccc2c(c1)CC(CNC1CCOCC1)CO2. The first-order chi connectivity index (χ1) is 8.92. The molecule has 1 aromatic carbocycles. The van der Waals surface area contributed by atoms with Crippen LogP contribution in [-0.4, -0.2) is 32.4 Å². The summed E-state index contributed by atoms with van der Waals surface area (Å²) in [6.45, 7) is 3.70. The Morgan fingerprint density at radius 1 is 1.17 bits per heavy atom. The molecule has 0 spiro atoms. The maximum absolute atomic E-state index is 5.81. The summed E-state index contributed by atoms with van der Waals surface area (Å²) in [5, 5.41) is 3.66. The molecule has 3 nitrogen and oxygen atoms in total. The molecular weight excluding hydrogens is 226 g/mol. The summed E-state index contributed by atoms with van der Waals surface area (Å²) in [5.74, 6) is 1.67. The Hall–Kier alpha value is -1.06. The second-order valence-electron chi connectivity index (χ2n) is 5.28. The number of nitrogens with one attached hydrogen (secondary N) is 1. The van der Waals surface area contributed by atoms with Crippen molar-refractivity contribution in [2.75, 3.05) is 26.4 Å². The molecule has 0 aromatic heterocycles. The molecule has 0 saturated carbocycles. The summed E-state index contributed by atoms with van der Waals surface area (Å²) in [6, 6.07) is 9.01. The van der Waals surface area contributed by atoms with Gasteiger partial charge in [-0.1, -0.05) is 18.2 Å². The molecule has 0 radical (unpaired) electrons. The molecule has 2 aliphatic rings. The molecule has 98 valence electrons. The second kappa shape index (κ2) is 5.72. The second-order valence-corrected chi connectivity index (χ2v) is 5.28. The average Bonchev–Trinajstić information content (AvgIpc) is 2.46. The molecule has 1 unspecified atom stereocenters. The molecule has 2 aliphatic heterocycles. The third-order valence-corrected chi connectivity index (χ3v) is 3.87. The van der Waals surface area contributed by atoms with Gasteiger partial charge in [0.05, 0.1) is 6.61 Å². The van der Waals surface area contributed by atoms with Crippen molar-refractivity contribution >= 4 is 0 Å². The van der Waals surface area contributed by atoms with Crippen LogP contribution >= 0.6 is 0 Å². The van der Waals surface area contributed by atoms with Crippen molar-refractivity contribution in [2.45, 2.75) is 25.3 Å². The van der Waals surface area contributed by atoms with Crippen LogP contribution in [0.4, 0.5) is 0 Å². The van der Waals surface area contributed by atoms with Crippen LogP contribution in [0.5, 0.6) is 5.75 Å². The summed E-state index contributed by atoms with van der Waals surface area (Å²) in [4.78, 5) is 0. The minimum atomic E-state index is 0.600. The highest BCUT2D eigenvalue weighted by Gasteiger charge is 2.21. The normalized spacial score (nSPS) is 24.3. The molecule has 1 atom stereocenters. The van der Waals surface area contributed by atoms with Crippen LogP contribution < -0.4 is 10.1 Å². The van der Waals surface area contributed by atoms with Crippen LogP contribution in [0.15, 0.2) is 24.3 Å². The van der Waals surface area contributed by atoms with Gasteiger partial charge in [0.15, 0.2) is 0 Å². The lowest BCUT2D eigenvalue weighted by atomic mass is 9.96. The molecule has 1 saturated heterocycles. The van der Waals surface area contributed by atoms with Gasteiger partial charge in [0.1, 0.15) is 5.75 Å². The Morgan fingerprint density at radius 2 is 2.00 bits per heavy atom. The third kappa shape index (κ3) is 2.85.